The van der Waals surface area contributed by atoms with E-state index in [4.69, 9.17) is 5.73 Å². The molecule has 0 unspecified atom stereocenters. The average Bonchev–Trinajstić information content (AvgIpc) is 3.05. The van der Waals surface area contributed by atoms with Gasteiger partial charge < -0.3 is 5.73 Å². The zero-order chi connectivity index (χ0) is 12.6. The molecule has 1 aromatic carbocycles. The monoisotopic (exact) mass is 254 g/mol. The fourth-order valence-electron chi connectivity index (χ4n) is 1.88. The minimum absolute atomic E-state index is 0.332. The van der Waals surface area contributed by atoms with E-state index in [1.807, 2.05) is 0 Å². The molecule has 0 aromatic heterocycles. The van der Waals surface area contributed by atoms with E-state index in [1.54, 1.807) is 26.0 Å². The van der Waals surface area contributed by atoms with Gasteiger partial charge in [-0.1, -0.05) is 6.07 Å². The van der Waals surface area contributed by atoms with Crippen LogP contribution >= 0.6 is 0 Å². The zero-order valence-electron chi connectivity index (χ0n) is 10.2. The predicted molar refractivity (Wildman–Crippen MR) is 68.2 cm³/mol. The number of benzene rings is 1. The Balaban J connectivity index is 2.33. The summed E-state index contributed by atoms with van der Waals surface area (Å²) in [6.45, 7) is 4.07. The number of anilines is 1. The van der Waals surface area contributed by atoms with E-state index < -0.39 is 10.0 Å². The molecule has 1 fully saturated rings. The summed E-state index contributed by atoms with van der Waals surface area (Å²) < 4.78 is 27.0. The lowest BCUT2D eigenvalue weighted by Gasteiger charge is -2.13. The van der Waals surface area contributed by atoms with Crippen LogP contribution in [0.2, 0.25) is 0 Å². The molecule has 5 heteroatoms. The SMILES string of the molecule is Cc1ccc(N)c(C)c1S(=O)(=O)NCC1CC1. The Labute approximate surface area is 102 Å². The summed E-state index contributed by atoms with van der Waals surface area (Å²) in [4.78, 5) is 0.332. The Hall–Kier alpha value is -1.07. The lowest BCUT2D eigenvalue weighted by molar-refractivity contribution is 0.576. The van der Waals surface area contributed by atoms with Crippen LogP contribution in [0.4, 0.5) is 5.69 Å². The first-order valence-corrected chi connectivity index (χ1v) is 7.25. The Bertz CT molecular complexity index is 534. The first-order chi connectivity index (χ1) is 7.92. The number of rotatable bonds is 4. The van der Waals surface area contributed by atoms with Crippen molar-refractivity contribution in [3.05, 3.63) is 23.3 Å². The van der Waals surface area contributed by atoms with Crippen LogP contribution in [0.5, 0.6) is 0 Å². The number of nitrogens with one attached hydrogen (secondary N) is 1. The lowest BCUT2D eigenvalue weighted by Crippen LogP contribution is -2.27. The first-order valence-electron chi connectivity index (χ1n) is 5.77. The van der Waals surface area contributed by atoms with Crippen molar-refractivity contribution in [2.24, 2.45) is 5.92 Å². The number of hydrogen-bond donors (Lipinski definition) is 2. The van der Waals surface area contributed by atoms with Crippen LogP contribution < -0.4 is 10.5 Å². The topological polar surface area (TPSA) is 72.2 Å². The van der Waals surface area contributed by atoms with Crippen LogP contribution in [0.15, 0.2) is 17.0 Å². The van der Waals surface area contributed by atoms with Gasteiger partial charge in [-0.2, -0.15) is 0 Å². The molecule has 0 atom stereocenters. The van der Waals surface area contributed by atoms with Crippen LogP contribution in [0.3, 0.4) is 0 Å². The molecule has 0 saturated heterocycles. The molecular weight excluding hydrogens is 236 g/mol. The molecule has 17 heavy (non-hydrogen) atoms. The normalized spacial score (nSPS) is 16.1. The maximum Gasteiger partial charge on any atom is 0.241 e. The number of aryl methyl sites for hydroxylation is 1. The van der Waals surface area contributed by atoms with E-state index in [9.17, 15) is 8.42 Å². The zero-order valence-corrected chi connectivity index (χ0v) is 11.0. The number of hydrogen-bond acceptors (Lipinski definition) is 3. The first kappa shape index (κ1) is 12.4. The van der Waals surface area contributed by atoms with Gasteiger partial charge in [-0.05, 0) is 49.8 Å². The molecule has 1 saturated carbocycles. The van der Waals surface area contributed by atoms with Crippen LogP contribution in [0, 0.1) is 19.8 Å². The largest absolute Gasteiger partial charge is 0.398 e. The quantitative estimate of drug-likeness (QED) is 0.801. The summed E-state index contributed by atoms with van der Waals surface area (Å²) >= 11 is 0. The Morgan fingerprint density at radius 1 is 1.35 bits per heavy atom. The van der Waals surface area contributed by atoms with Gasteiger partial charge in [0, 0.05) is 12.2 Å². The second-order valence-electron chi connectivity index (χ2n) is 4.72. The number of nitrogen functional groups attached to an aromatic ring is 1. The number of sulfonamides is 1. The third-order valence-electron chi connectivity index (χ3n) is 3.17. The summed E-state index contributed by atoms with van der Waals surface area (Å²) in [5.74, 6) is 0.520. The van der Waals surface area contributed by atoms with Crippen molar-refractivity contribution < 1.29 is 8.42 Å². The standard InChI is InChI=1S/C12H18N2O2S/c1-8-3-6-11(13)9(2)12(8)17(15,16)14-7-10-4-5-10/h3,6,10,14H,4-5,7,13H2,1-2H3. The molecule has 0 aliphatic heterocycles. The number of nitrogens with two attached hydrogens (primary N) is 1. The van der Waals surface area contributed by atoms with Gasteiger partial charge in [0.15, 0.2) is 0 Å². The fraction of sp³-hybridized carbons (Fsp3) is 0.500. The summed E-state index contributed by atoms with van der Waals surface area (Å²) in [6.07, 6.45) is 2.24. The van der Waals surface area contributed by atoms with E-state index >= 15 is 0 Å². The van der Waals surface area contributed by atoms with Gasteiger partial charge in [-0.15, -0.1) is 0 Å². The predicted octanol–water partition coefficient (Wildman–Crippen LogP) is 1.57. The third-order valence-corrected chi connectivity index (χ3v) is 4.88. The van der Waals surface area contributed by atoms with E-state index in [1.165, 1.54) is 0 Å². The van der Waals surface area contributed by atoms with Crippen LogP contribution in [0.25, 0.3) is 0 Å². The molecule has 0 heterocycles. The highest BCUT2D eigenvalue weighted by atomic mass is 32.2. The van der Waals surface area contributed by atoms with E-state index in [0.29, 0.717) is 28.6 Å². The van der Waals surface area contributed by atoms with Gasteiger partial charge in [0.1, 0.15) is 0 Å². The fourth-order valence-corrected chi connectivity index (χ4v) is 3.49. The molecule has 1 aliphatic rings. The molecule has 1 aliphatic carbocycles. The minimum Gasteiger partial charge on any atom is -0.398 e. The molecular formula is C12H18N2O2S. The maximum atomic E-state index is 12.2. The van der Waals surface area contributed by atoms with Crippen LogP contribution in [-0.4, -0.2) is 15.0 Å². The second kappa shape index (κ2) is 4.31. The highest BCUT2D eigenvalue weighted by Gasteiger charge is 2.26. The van der Waals surface area contributed by atoms with Crippen molar-refractivity contribution in [1.29, 1.82) is 0 Å². The van der Waals surface area contributed by atoms with Gasteiger partial charge in [0.25, 0.3) is 0 Å². The van der Waals surface area contributed by atoms with Gasteiger partial charge >= 0.3 is 0 Å². The van der Waals surface area contributed by atoms with Gasteiger partial charge in [-0.25, -0.2) is 13.1 Å². The molecule has 0 amide bonds. The Morgan fingerprint density at radius 3 is 2.59 bits per heavy atom. The summed E-state index contributed by atoms with van der Waals surface area (Å²) in [5, 5.41) is 0. The van der Waals surface area contributed by atoms with Gasteiger partial charge in [-0.3, -0.25) is 0 Å². The van der Waals surface area contributed by atoms with Crippen molar-refractivity contribution in [3.8, 4) is 0 Å². The Kier molecular flexibility index (Phi) is 3.14. The van der Waals surface area contributed by atoms with Crippen molar-refractivity contribution in [2.75, 3.05) is 12.3 Å². The molecule has 2 rings (SSSR count). The van der Waals surface area contributed by atoms with Crippen molar-refractivity contribution in [2.45, 2.75) is 31.6 Å². The van der Waals surface area contributed by atoms with Crippen LogP contribution in [0.1, 0.15) is 24.0 Å². The van der Waals surface area contributed by atoms with Gasteiger partial charge in [0.2, 0.25) is 10.0 Å². The second-order valence-corrected chi connectivity index (χ2v) is 6.42. The smallest absolute Gasteiger partial charge is 0.241 e. The van der Waals surface area contributed by atoms with E-state index in [2.05, 4.69) is 4.72 Å². The van der Waals surface area contributed by atoms with Crippen molar-refractivity contribution in [1.82, 2.24) is 4.72 Å². The third kappa shape index (κ3) is 2.61. The molecule has 4 nitrogen and oxygen atoms in total. The molecule has 0 spiro atoms. The van der Waals surface area contributed by atoms with E-state index in [-0.39, 0.29) is 0 Å². The minimum atomic E-state index is -3.43. The van der Waals surface area contributed by atoms with Gasteiger partial charge in [0.05, 0.1) is 4.90 Å². The highest BCUT2D eigenvalue weighted by Crippen LogP contribution is 2.29. The maximum absolute atomic E-state index is 12.2. The molecule has 94 valence electrons. The lowest BCUT2D eigenvalue weighted by atomic mass is 10.1. The Morgan fingerprint density at radius 2 is 2.00 bits per heavy atom. The summed E-state index contributed by atoms with van der Waals surface area (Å²) in [5.41, 5.74) is 7.65. The highest BCUT2D eigenvalue weighted by molar-refractivity contribution is 7.89. The van der Waals surface area contributed by atoms with E-state index in [0.717, 1.165) is 18.4 Å². The average molecular weight is 254 g/mol. The van der Waals surface area contributed by atoms with Crippen LogP contribution in [-0.2, 0) is 10.0 Å². The molecule has 3 N–H and O–H groups in total. The summed E-state index contributed by atoms with van der Waals surface area (Å²) in [7, 11) is -3.43. The molecule has 1 aromatic rings. The molecule has 0 bridgehead atoms. The summed E-state index contributed by atoms with van der Waals surface area (Å²) in [6, 6.07) is 3.48. The van der Waals surface area contributed by atoms with Crippen molar-refractivity contribution >= 4 is 15.7 Å². The molecule has 0 radical (unpaired) electrons. The van der Waals surface area contributed by atoms with Crippen molar-refractivity contribution in [3.63, 3.8) is 0 Å².